The first-order valence-corrected chi connectivity index (χ1v) is 10.2. The largest absolute Gasteiger partial charge is 0.334 e. The maximum Gasteiger partial charge on any atom is 0.287 e. The third kappa shape index (κ3) is 4.10. The maximum absolute atomic E-state index is 12.7. The fraction of sp³-hybridized carbons (Fsp3) is 0.643. The van der Waals surface area contributed by atoms with Crippen LogP contribution < -0.4 is 5.56 Å². The summed E-state index contributed by atoms with van der Waals surface area (Å²) in [7, 11) is -3.13. The standard InChI is InChI=1S/C14H19Cl2N3O4S/c1-3-9(2)19(10-4-5-24(22,23)8-10)12(20)7-18-14(21)13(16)11(15)6-17-18/h6,9-10H,3-5,7-8H2,1-2H3/t9-,10+/m1/s1. The molecular formula is C14H19Cl2N3O4S. The van der Waals surface area contributed by atoms with E-state index < -0.39 is 15.4 Å². The van der Waals surface area contributed by atoms with E-state index in [9.17, 15) is 18.0 Å². The summed E-state index contributed by atoms with van der Waals surface area (Å²) in [6.07, 6.45) is 2.28. The number of aromatic nitrogens is 2. The van der Waals surface area contributed by atoms with Gasteiger partial charge in [0.05, 0.1) is 22.7 Å². The van der Waals surface area contributed by atoms with Gasteiger partial charge >= 0.3 is 0 Å². The molecule has 2 rings (SSSR count). The van der Waals surface area contributed by atoms with Crippen LogP contribution >= 0.6 is 23.2 Å². The normalized spacial score (nSPS) is 20.8. The highest BCUT2D eigenvalue weighted by molar-refractivity contribution is 7.91. The Bertz CT molecular complexity index is 794. The Labute approximate surface area is 150 Å². The smallest absolute Gasteiger partial charge is 0.287 e. The van der Waals surface area contributed by atoms with Crippen LogP contribution in [0.1, 0.15) is 26.7 Å². The third-order valence-corrected chi connectivity index (χ3v) is 6.68. The zero-order valence-electron chi connectivity index (χ0n) is 13.4. The van der Waals surface area contributed by atoms with Crippen LogP contribution in [0.15, 0.2) is 11.0 Å². The van der Waals surface area contributed by atoms with E-state index in [1.54, 1.807) is 4.90 Å². The van der Waals surface area contributed by atoms with Crippen molar-refractivity contribution in [1.82, 2.24) is 14.7 Å². The number of hydrogen-bond donors (Lipinski definition) is 0. The molecule has 0 unspecified atom stereocenters. The summed E-state index contributed by atoms with van der Waals surface area (Å²) in [5.41, 5.74) is -0.652. The summed E-state index contributed by atoms with van der Waals surface area (Å²) >= 11 is 11.5. The van der Waals surface area contributed by atoms with Crippen LogP contribution in [-0.4, -0.2) is 52.6 Å². The number of nitrogens with zero attached hydrogens (tertiary/aromatic N) is 3. The molecule has 2 heterocycles. The number of carbonyl (C=O) groups is 1. The highest BCUT2D eigenvalue weighted by Gasteiger charge is 2.36. The average molecular weight is 396 g/mol. The lowest BCUT2D eigenvalue weighted by Crippen LogP contribution is -2.48. The predicted molar refractivity (Wildman–Crippen MR) is 92.2 cm³/mol. The summed E-state index contributed by atoms with van der Waals surface area (Å²) in [4.78, 5) is 26.3. The van der Waals surface area contributed by atoms with Crippen molar-refractivity contribution in [3.05, 3.63) is 26.6 Å². The Kier molecular flexibility index (Phi) is 5.93. The highest BCUT2D eigenvalue weighted by atomic mass is 35.5. The minimum absolute atomic E-state index is 0.0195. The summed E-state index contributed by atoms with van der Waals surface area (Å²) in [6.45, 7) is 3.46. The molecular weight excluding hydrogens is 377 g/mol. The molecule has 134 valence electrons. The van der Waals surface area contributed by atoms with Gasteiger partial charge in [0.2, 0.25) is 5.91 Å². The molecule has 0 bridgehead atoms. The number of sulfone groups is 1. The van der Waals surface area contributed by atoms with Gasteiger partial charge in [0.15, 0.2) is 9.84 Å². The molecule has 24 heavy (non-hydrogen) atoms. The topological polar surface area (TPSA) is 89.3 Å². The van der Waals surface area contributed by atoms with Crippen molar-refractivity contribution in [2.24, 2.45) is 0 Å². The van der Waals surface area contributed by atoms with Crippen LogP contribution in [0.25, 0.3) is 0 Å². The summed E-state index contributed by atoms with van der Waals surface area (Å²) in [5.74, 6) is -0.338. The highest BCUT2D eigenvalue weighted by Crippen LogP contribution is 2.22. The van der Waals surface area contributed by atoms with E-state index in [1.807, 2.05) is 13.8 Å². The first kappa shape index (κ1) is 19.2. The molecule has 1 aromatic rings. The zero-order valence-corrected chi connectivity index (χ0v) is 15.7. The lowest BCUT2D eigenvalue weighted by Gasteiger charge is -2.33. The number of hydrogen-bond acceptors (Lipinski definition) is 5. The van der Waals surface area contributed by atoms with Crippen LogP contribution in [0.4, 0.5) is 0 Å². The van der Waals surface area contributed by atoms with Gasteiger partial charge in [0, 0.05) is 12.1 Å². The molecule has 1 amide bonds. The van der Waals surface area contributed by atoms with Gasteiger partial charge in [0.25, 0.3) is 5.56 Å². The molecule has 2 atom stereocenters. The van der Waals surface area contributed by atoms with Crippen molar-refractivity contribution < 1.29 is 13.2 Å². The van der Waals surface area contributed by atoms with E-state index in [2.05, 4.69) is 5.10 Å². The van der Waals surface area contributed by atoms with E-state index in [0.29, 0.717) is 12.8 Å². The van der Waals surface area contributed by atoms with Crippen LogP contribution in [0, 0.1) is 0 Å². The van der Waals surface area contributed by atoms with Crippen molar-refractivity contribution in [2.45, 2.75) is 45.3 Å². The van der Waals surface area contributed by atoms with Crippen LogP contribution in [0.3, 0.4) is 0 Å². The van der Waals surface area contributed by atoms with E-state index in [4.69, 9.17) is 23.2 Å². The lowest BCUT2D eigenvalue weighted by atomic mass is 10.1. The molecule has 0 radical (unpaired) electrons. The molecule has 0 spiro atoms. The second-order valence-corrected chi connectivity index (χ2v) is 8.90. The van der Waals surface area contributed by atoms with Crippen molar-refractivity contribution in [3.63, 3.8) is 0 Å². The molecule has 1 aromatic heterocycles. The van der Waals surface area contributed by atoms with Crippen molar-refractivity contribution in [1.29, 1.82) is 0 Å². The Morgan fingerprint density at radius 2 is 2.17 bits per heavy atom. The Hall–Kier alpha value is -1.12. The summed E-state index contributed by atoms with van der Waals surface area (Å²) in [5, 5.41) is 3.65. The second kappa shape index (κ2) is 7.41. The monoisotopic (exact) mass is 395 g/mol. The van der Waals surface area contributed by atoms with E-state index in [1.165, 1.54) is 6.20 Å². The molecule has 1 aliphatic rings. The average Bonchev–Trinajstić information content (AvgIpc) is 2.87. The van der Waals surface area contributed by atoms with Gasteiger partial charge in [-0.15, -0.1) is 0 Å². The SMILES string of the molecule is CC[C@@H](C)N(C(=O)Cn1ncc(Cl)c(Cl)c1=O)[C@H]1CCS(=O)(=O)C1. The molecule has 7 nitrogen and oxygen atoms in total. The lowest BCUT2D eigenvalue weighted by molar-refractivity contribution is -0.136. The van der Waals surface area contributed by atoms with Gasteiger partial charge in [-0.2, -0.15) is 5.10 Å². The number of amides is 1. The molecule has 0 N–H and O–H groups in total. The quantitative estimate of drug-likeness (QED) is 0.750. The molecule has 1 saturated heterocycles. The van der Waals surface area contributed by atoms with Crippen molar-refractivity contribution in [3.8, 4) is 0 Å². The fourth-order valence-corrected chi connectivity index (χ4v) is 4.75. The zero-order chi connectivity index (χ0) is 18.1. The molecule has 0 saturated carbocycles. The molecule has 1 fully saturated rings. The predicted octanol–water partition coefficient (Wildman–Crippen LogP) is 1.36. The minimum atomic E-state index is -3.13. The van der Waals surface area contributed by atoms with Gasteiger partial charge < -0.3 is 4.90 Å². The van der Waals surface area contributed by atoms with Gasteiger partial charge in [0.1, 0.15) is 11.6 Å². The van der Waals surface area contributed by atoms with E-state index in [-0.39, 0.29) is 46.1 Å². The summed E-state index contributed by atoms with van der Waals surface area (Å²) < 4.78 is 24.4. The van der Waals surface area contributed by atoms with Crippen LogP contribution in [0.2, 0.25) is 10.0 Å². The van der Waals surface area contributed by atoms with Crippen LogP contribution in [0.5, 0.6) is 0 Å². The fourth-order valence-electron chi connectivity index (χ4n) is 2.77. The Balaban J connectivity index is 2.26. The summed E-state index contributed by atoms with van der Waals surface area (Å²) in [6, 6.07) is -0.523. The first-order valence-electron chi connectivity index (χ1n) is 7.59. The van der Waals surface area contributed by atoms with Gasteiger partial charge in [-0.1, -0.05) is 30.1 Å². The second-order valence-electron chi connectivity index (χ2n) is 5.88. The number of carbonyl (C=O) groups excluding carboxylic acids is 1. The van der Waals surface area contributed by atoms with Gasteiger partial charge in [-0.3, -0.25) is 9.59 Å². The van der Waals surface area contributed by atoms with Crippen LogP contribution in [-0.2, 0) is 21.2 Å². The van der Waals surface area contributed by atoms with Gasteiger partial charge in [-0.25, -0.2) is 13.1 Å². The van der Waals surface area contributed by atoms with Crippen molar-refractivity contribution >= 4 is 38.9 Å². The first-order chi connectivity index (χ1) is 11.2. The Morgan fingerprint density at radius 3 is 2.71 bits per heavy atom. The maximum atomic E-state index is 12.7. The van der Waals surface area contributed by atoms with Gasteiger partial charge in [-0.05, 0) is 19.8 Å². The number of rotatable bonds is 5. The van der Waals surface area contributed by atoms with Crippen molar-refractivity contribution in [2.75, 3.05) is 11.5 Å². The molecule has 0 aromatic carbocycles. The van der Waals surface area contributed by atoms with E-state index >= 15 is 0 Å². The van der Waals surface area contributed by atoms with E-state index in [0.717, 1.165) is 4.68 Å². The number of halogens is 2. The molecule has 10 heteroatoms. The minimum Gasteiger partial charge on any atom is -0.334 e. The third-order valence-electron chi connectivity index (χ3n) is 4.18. The Morgan fingerprint density at radius 1 is 1.50 bits per heavy atom. The molecule has 0 aliphatic carbocycles. The molecule has 1 aliphatic heterocycles.